The number of thiazole rings is 1. The molecule has 37 heavy (non-hydrogen) atoms. The Kier molecular flexibility index (Phi) is 7.85. The van der Waals surface area contributed by atoms with Crippen molar-refractivity contribution in [3.05, 3.63) is 69.9 Å². The van der Waals surface area contributed by atoms with Gasteiger partial charge in [-0.05, 0) is 80.7 Å². The summed E-state index contributed by atoms with van der Waals surface area (Å²) in [6.45, 7) is 2.11. The number of carbonyl (C=O) groups is 2. The van der Waals surface area contributed by atoms with Gasteiger partial charge in [0.05, 0.1) is 23.4 Å². The molecule has 2 atom stereocenters. The van der Waals surface area contributed by atoms with Crippen LogP contribution in [0.15, 0.2) is 48.7 Å². The topological polar surface area (TPSA) is 91.8 Å². The Hall–Kier alpha value is -2.85. The summed E-state index contributed by atoms with van der Waals surface area (Å²) >= 11 is 7.46. The number of benzene rings is 2. The fraction of sp³-hybridized carbons (Fsp3) is 0.370. The Morgan fingerprint density at radius 2 is 1.92 bits per heavy atom. The van der Waals surface area contributed by atoms with Gasteiger partial charge in [0.1, 0.15) is 27.6 Å². The van der Waals surface area contributed by atoms with Gasteiger partial charge in [-0.25, -0.2) is 9.37 Å². The van der Waals surface area contributed by atoms with Crippen LogP contribution in [0.4, 0.5) is 4.39 Å². The SMILES string of the molecule is O=C(NC(CN1CCCC1)C(O)c1ccc(OC2CC2)c(Cl)c1)C(=O)c1cnc(-c2ccc(F)cc2)s1. The minimum absolute atomic E-state index is 0.163. The summed E-state index contributed by atoms with van der Waals surface area (Å²) in [5, 5.41) is 14.9. The summed E-state index contributed by atoms with van der Waals surface area (Å²) < 4.78 is 19.0. The third-order valence-corrected chi connectivity index (χ3v) is 7.83. The van der Waals surface area contributed by atoms with E-state index in [9.17, 15) is 19.1 Å². The first-order chi connectivity index (χ1) is 17.9. The number of carbonyl (C=O) groups excluding carboxylic acids is 2. The van der Waals surface area contributed by atoms with Crippen LogP contribution in [0.1, 0.15) is 47.0 Å². The number of ketones is 1. The van der Waals surface area contributed by atoms with Crippen LogP contribution in [0.2, 0.25) is 5.02 Å². The molecule has 0 bridgehead atoms. The number of rotatable bonds is 10. The van der Waals surface area contributed by atoms with Crippen molar-refractivity contribution in [3.63, 3.8) is 0 Å². The van der Waals surface area contributed by atoms with Crippen molar-refractivity contribution in [3.8, 4) is 16.3 Å². The fourth-order valence-electron chi connectivity index (χ4n) is 4.31. The molecule has 1 aliphatic carbocycles. The summed E-state index contributed by atoms with van der Waals surface area (Å²) in [6.07, 6.45) is 4.55. The number of ether oxygens (including phenoxy) is 1. The molecule has 10 heteroatoms. The van der Waals surface area contributed by atoms with E-state index in [0.717, 1.165) is 50.1 Å². The Bertz CT molecular complexity index is 1270. The van der Waals surface area contributed by atoms with Crippen molar-refractivity contribution >= 4 is 34.6 Å². The van der Waals surface area contributed by atoms with Gasteiger partial charge in [0.25, 0.3) is 11.7 Å². The number of nitrogens with one attached hydrogen (secondary N) is 1. The molecule has 7 nitrogen and oxygen atoms in total. The molecule has 1 saturated carbocycles. The smallest absolute Gasteiger partial charge is 0.293 e. The first-order valence-corrected chi connectivity index (χ1v) is 13.5. The van der Waals surface area contributed by atoms with Gasteiger partial charge < -0.3 is 20.1 Å². The summed E-state index contributed by atoms with van der Waals surface area (Å²) in [4.78, 5) is 32.5. The van der Waals surface area contributed by atoms with Crippen molar-refractivity contribution in [2.45, 2.75) is 43.9 Å². The predicted molar refractivity (Wildman–Crippen MR) is 140 cm³/mol. The number of halogens is 2. The van der Waals surface area contributed by atoms with E-state index in [2.05, 4.69) is 15.2 Å². The molecular formula is C27H27ClFN3O4S. The third-order valence-electron chi connectivity index (χ3n) is 6.49. The predicted octanol–water partition coefficient (Wildman–Crippen LogP) is 4.64. The van der Waals surface area contributed by atoms with Crippen LogP contribution in [-0.2, 0) is 4.79 Å². The van der Waals surface area contributed by atoms with Crippen molar-refractivity contribution < 1.29 is 23.8 Å². The van der Waals surface area contributed by atoms with Gasteiger partial charge in [0.15, 0.2) is 0 Å². The second-order valence-electron chi connectivity index (χ2n) is 9.41. The highest BCUT2D eigenvalue weighted by molar-refractivity contribution is 7.17. The molecule has 194 valence electrons. The average Bonchev–Trinajstić information content (AvgIpc) is 3.33. The van der Waals surface area contributed by atoms with E-state index in [1.807, 2.05) is 0 Å². The molecule has 1 amide bonds. The molecule has 2 N–H and O–H groups in total. The van der Waals surface area contributed by atoms with E-state index in [1.54, 1.807) is 30.3 Å². The number of aliphatic hydroxyl groups excluding tert-OH is 1. The molecule has 2 aliphatic rings. The van der Waals surface area contributed by atoms with Crippen LogP contribution >= 0.6 is 22.9 Å². The number of amides is 1. The lowest BCUT2D eigenvalue weighted by atomic mass is 10.0. The highest BCUT2D eigenvalue weighted by Gasteiger charge is 2.31. The summed E-state index contributed by atoms with van der Waals surface area (Å²) in [6, 6.07) is 10.1. The van der Waals surface area contributed by atoms with E-state index in [-0.39, 0.29) is 16.8 Å². The third kappa shape index (κ3) is 6.35. The van der Waals surface area contributed by atoms with E-state index in [0.29, 0.717) is 33.5 Å². The van der Waals surface area contributed by atoms with E-state index in [1.165, 1.54) is 18.3 Å². The summed E-state index contributed by atoms with van der Waals surface area (Å²) in [5.41, 5.74) is 1.18. The molecule has 1 saturated heterocycles. The monoisotopic (exact) mass is 543 g/mol. The molecule has 3 aromatic rings. The Morgan fingerprint density at radius 3 is 2.59 bits per heavy atom. The van der Waals surface area contributed by atoms with Gasteiger partial charge in [-0.1, -0.05) is 17.7 Å². The molecule has 1 aliphatic heterocycles. The number of aliphatic hydroxyl groups is 1. The molecule has 0 radical (unpaired) electrons. The number of hydrogen-bond donors (Lipinski definition) is 2. The molecule has 5 rings (SSSR count). The van der Waals surface area contributed by atoms with Crippen molar-refractivity contribution in [2.24, 2.45) is 0 Å². The Labute approximate surface area is 223 Å². The first-order valence-electron chi connectivity index (χ1n) is 12.3. The maximum absolute atomic E-state index is 13.2. The van der Waals surface area contributed by atoms with Crippen molar-refractivity contribution in [1.29, 1.82) is 0 Å². The highest BCUT2D eigenvalue weighted by Crippen LogP contribution is 2.34. The Balaban J connectivity index is 1.30. The van der Waals surface area contributed by atoms with Gasteiger partial charge in [-0.15, -0.1) is 11.3 Å². The molecule has 0 spiro atoms. The van der Waals surface area contributed by atoms with Gasteiger partial charge in [0.2, 0.25) is 0 Å². The minimum Gasteiger partial charge on any atom is -0.489 e. The standard InChI is InChI=1S/C27H27ClFN3O4S/c28-20-13-17(5-10-22(20)36-19-8-9-19)24(33)21(15-32-11-1-2-12-32)31-26(35)25(34)23-14-30-27(37-23)16-3-6-18(29)7-4-16/h3-7,10,13-14,19,21,24,33H,1-2,8-9,11-12,15H2,(H,31,35). The van der Waals surface area contributed by atoms with Crippen LogP contribution in [0.5, 0.6) is 5.75 Å². The maximum atomic E-state index is 13.2. The van der Waals surface area contributed by atoms with Crippen molar-refractivity contribution in [2.75, 3.05) is 19.6 Å². The lowest BCUT2D eigenvalue weighted by Gasteiger charge is -2.28. The number of hydrogen-bond acceptors (Lipinski definition) is 7. The molecule has 2 unspecified atom stereocenters. The van der Waals surface area contributed by atoms with Crippen LogP contribution in [0.3, 0.4) is 0 Å². The zero-order valence-electron chi connectivity index (χ0n) is 20.0. The normalized spacial score (nSPS) is 17.4. The van der Waals surface area contributed by atoms with Gasteiger partial charge in [-0.2, -0.15) is 0 Å². The van der Waals surface area contributed by atoms with E-state index >= 15 is 0 Å². The van der Waals surface area contributed by atoms with Gasteiger partial charge in [-0.3, -0.25) is 9.59 Å². The van der Waals surface area contributed by atoms with Crippen LogP contribution in [0, 0.1) is 5.82 Å². The molecule has 2 heterocycles. The van der Waals surface area contributed by atoms with E-state index in [4.69, 9.17) is 16.3 Å². The molecular weight excluding hydrogens is 517 g/mol. The second-order valence-corrected chi connectivity index (χ2v) is 10.8. The number of nitrogens with zero attached hydrogens (tertiary/aromatic N) is 2. The first kappa shape index (κ1) is 25.8. The maximum Gasteiger partial charge on any atom is 0.293 e. The molecule has 2 aromatic carbocycles. The van der Waals surface area contributed by atoms with E-state index < -0.39 is 23.8 Å². The number of aromatic nitrogens is 1. The molecule has 2 fully saturated rings. The number of Topliss-reactive ketones (excluding diaryl/α,β-unsaturated/α-hetero) is 1. The quantitative estimate of drug-likeness (QED) is 0.286. The highest BCUT2D eigenvalue weighted by atomic mass is 35.5. The van der Waals surface area contributed by atoms with Crippen LogP contribution in [-0.4, -0.2) is 58.5 Å². The number of likely N-dealkylation sites (tertiary alicyclic amines) is 1. The van der Waals surface area contributed by atoms with Gasteiger partial charge >= 0.3 is 0 Å². The molecule has 1 aromatic heterocycles. The Morgan fingerprint density at radius 1 is 1.19 bits per heavy atom. The zero-order chi connectivity index (χ0) is 25.9. The zero-order valence-corrected chi connectivity index (χ0v) is 21.6. The fourth-order valence-corrected chi connectivity index (χ4v) is 5.41. The minimum atomic E-state index is -1.08. The lowest BCUT2D eigenvalue weighted by Crippen LogP contribution is -2.48. The van der Waals surface area contributed by atoms with Gasteiger partial charge in [0, 0.05) is 12.1 Å². The largest absolute Gasteiger partial charge is 0.489 e. The summed E-state index contributed by atoms with van der Waals surface area (Å²) in [5.74, 6) is -1.37. The summed E-state index contributed by atoms with van der Waals surface area (Å²) in [7, 11) is 0. The van der Waals surface area contributed by atoms with Crippen molar-refractivity contribution in [1.82, 2.24) is 15.2 Å². The van der Waals surface area contributed by atoms with Crippen LogP contribution in [0.25, 0.3) is 10.6 Å². The van der Waals surface area contributed by atoms with Crippen LogP contribution < -0.4 is 10.1 Å². The second kappa shape index (κ2) is 11.3. The average molecular weight is 544 g/mol. The lowest BCUT2D eigenvalue weighted by molar-refractivity contribution is -0.118.